The highest BCUT2D eigenvalue weighted by molar-refractivity contribution is 5.96. The molecule has 110 valence electrons. The third-order valence-corrected chi connectivity index (χ3v) is 3.14. The van der Waals surface area contributed by atoms with Crippen LogP contribution in [0.1, 0.15) is 44.0 Å². The van der Waals surface area contributed by atoms with E-state index in [1.165, 1.54) is 18.2 Å². The standard InChI is InChI=1S/C14H21N3O3/c1-4-11(5-2)16-14(18)10-7-8-13(17(19)20)12(9-10)15-6-3/h7-9,11,15H,4-6H2,1-3H3,(H,16,18). The quantitative estimate of drug-likeness (QED) is 0.593. The third-order valence-electron chi connectivity index (χ3n) is 3.14. The van der Waals surface area contributed by atoms with Crippen LogP contribution < -0.4 is 10.6 Å². The van der Waals surface area contributed by atoms with Crippen LogP contribution in [0.15, 0.2) is 18.2 Å². The number of benzene rings is 1. The van der Waals surface area contributed by atoms with Crippen LogP contribution in [0.4, 0.5) is 11.4 Å². The topological polar surface area (TPSA) is 84.3 Å². The first kappa shape index (κ1) is 15.9. The monoisotopic (exact) mass is 279 g/mol. The fourth-order valence-corrected chi connectivity index (χ4v) is 1.93. The van der Waals surface area contributed by atoms with Crippen LogP contribution >= 0.6 is 0 Å². The van der Waals surface area contributed by atoms with Crippen molar-refractivity contribution in [2.24, 2.45) is 0 Å². The highest BCUT2D eigenvalue weighted by Gasteiger charge is 2.17. The molecule has 0 aliphatic rings. The summed E-state index contributed by atoms with van der Waals surface area (Å²) in [4.78, 5) is 22.6. The molecule has 0 aromatic heterocycles. The van der Waals surface area contributed by atoms with E-state index in [9.17, 15) is 14.9 Å². The zero-order chi connectivity index (χ0) is 15.1. The highest BCUT2D eigenvalue weighted by Crippen LogP contribution is 2.25. The summed E-state index contributed by atoms with van der Waals surface area (Å²) in [5, 5.41) is 16.7. The predicted octanol–water partition coefficient (Wildman–Crippen LogP) is 2.95. The molecule has 20 heavy (non-hydrogen) atoms. The van der Waals surface area contributed by atoms with E-state index in [1.54, 1.807) is 0 Å². The van der Waals surface area contributed by atoms with Crippen molar-refractivity contribution in [1.29, 1.82) is 0 Å². The fourth-order valence-electron chi connectivity index (χ4n) is 1.93. The molecule has 0 aliphatic heterocycles. The number of rotatable bonds is 7. The van der Waals surface area contributed by atoms with Crippen molar-refractivity contribution < 1.29 is 9.72 Å². The number of amides is 1. The number of nitro groups is 1. The number of anilines is 1. The van der Waals surface area contributed by atoms with Crippen LogP contribution in [0.2, 0.25) is 0 Å². The Labute approximate surface area is 118 Å². The summed E-state index contributed by atoms with van der Waals surface area (Å²) >= 11 is 0. The van der Waals surface area contributed by atoms with Crippen LogP contribution in [-0.2, 0) is 0 Å². The van der Waals surface area contributed by atoms with Crippen LogP contribution in [0.3, 0.4) is 0 Å². The minimum Gasteiger partial charge on any atom is -0.380 e. The minimum absolute atomic E-state index is 0.0223. The molecule has 1 amide bonds. The number of carbonyl (C=O) groups is 1. The summed E-state index contributed by atoms with van der Waals surface area (Å²) in [5.74, 6) is -0.201. The summed E-state index contributed by atoms with van der Waals surface area (Å²) in [6.07, 6.45) is 1.71. The Morgan fingerprint density at radius 1 is 1.30 bits per heavy atom. The van der Waals surface area contributed by atoms with Gasteiger partial charge in [0.2, 0.25) is 0 Å². The van der Waals surface area contributed by atoms with Crippen molar-refractivity contribution in [1.82, 2.24) is 5.32 Å². The molecule has 0 unspecified atom stereocenters. The van der Waals surface area contributed by atoms with E-state index in [4.69, 9.17) is 0 Å². The van der Waals surface area contributed by atoms with Gasteiger partial charge in [0, 0.05) is 24.2 Å². The molecule has 0 radical (unpaired) electrons. The molecule has 0 bridgehead atoms. The Hall–Kier alpha value is -2.11. The van der Waals surface area contributed by atoms with Crippen LogP contribution in [-0.4, -0.2) is 23.4 Å². The first-order valence-corrected chi connectivity index (χ1v) is 6.86. The molecule has 0 aliphatic carbocycles. The van der Waals surface area contributed by atoms with Crippen molar-refractivity contribution >= 4 is 17.3 Å². The molecular formula is C14H21N3O3. The third kappa shape index (κ3) is 3.94. The number of nitrogens with one attached hydrogen (secondary N) is 2. The van der Waals surface area contributed by atoms with Crippen molar-refractivity contribution in [3.63, 3.8) is 0 Å². The van der Waals surface area contributed by atoms with Crippen LogP contribution in [0.25, 0.3) is 0 Å². The molecule has 0 saturated heterocycles. The molecule has 1 aromatic rings. The lowest BCUT2D eigenvalue weighted by atomic mass is 10.1. The van der Waals surface area contributed by atoms with Crippen molar-refractivity contribution in [2.75, 3.05) is 11.9 Å². The van der Waals surface area contributed by atoms with Crippen molar-refractivity contribution in [2.45, 2.75) is 39.7 Å². The van der Waals surface area contributed by atoms with Gasteiger partial charge in [-0.3, -0.25) is 14.9 Å². The summed E-state index contributed by atoms with van der Waals surface area (Å²) in [7, 11) is 0. The maximum atomic E-state index is 12.1. The van der Waals surface area contributed by atoms with Crippen LogP contribution in [0, 0.1) is 10.1 Å². The Morgan fingerprint density at radius 2 is 1.95 bits per heavy atom. The van der Waals surface area contributed by atoms with Gasteiger partial charge in [-0.25, -0.2) is 0 Å². The fraction of sp³-hybridized carbons (Fsp3) is 0.500. The van der Waals surface area contributed by atoms with Gasteiger partial charge in [-0.15, -0.1) is 0 Å². The molecule has 0 fully saturated rings. The Bertz CT molecular complexity index is 485. The summed E-state index contributed by atoms with van der Waals surface area (Å²) in [5.41, 5.74) is 0.777. The molecule has 1 aromatic carbocycles. The van der Waals surface area contributed by atoms with E-state index in [0.29, 0.717) is 17.8 Å². The molecule has 0 spiro atoms. The van der Waals surface area contributed by atoms with Gasteiger partial charge in [0.15, 0.2) is 0 Å². The molecular weight excluding hydrogens is 258 g/mol. The first-order valence-electron chi connectivity index (χ1n) is 6.86. The van der Waals surface area contributed by atoms with Gasteiger partial charge < -0.3 is 10.6 Å². The predicted molar refractivity (Wildman–Crippen MR) is 79.1 cm³/mol. The zero-order valence-electron chi connectivity index (χ0n) is 12.1. The van der Waals surface area contributed by atoms with E-state index >= 15 is 0 Å². The number of nitrogens with zero attached hydrogens (tertiary/aromatic N) is 1. The van der Waals surface area contributed by atoms with E-state index < -0.39 is 4.92 Å². The summed E-state index contributed by atoms with van der Waals surface area (Å²) in [6, 6.07) is 4.50. The van der Waals surface area contributed by atoms with E-state index in [1.807, 2.05) is 20.8 Å². The summed E-state index contributed by atoms with van der Waals surface area (Å²) in [6.45, 7) is 6.42. The second kappa shape index (κ2) is 7.47. The van der Waals surface area contributed by atoms with Gasteiger partial charge >= 0.3 is 0 Å². The smallest absolute Gasteiger partial charge is 0.292 e. The number of hydrogen-bond acceptors (Lipinski definition) is 4. The second-order valence-electron chi connectivity index (χ2n) is 4.51. The van der Waals surface area contributed by atoms with Crippen molar-refractivity contribution in [3.8, 4) is 0 Å². The maximum Gasteiger partial charge on any atom is 0.292 e. The number of nitro benzene ring substituents is 1. The molecule has 6 nitrogen and oxygen atoms in total. The lowest BCUT2D eigenvalue weighted by molar-refractivity contribution is -0.384. The lowest BCUT2D eigenvalue weighted by Crippen LogP contribution is -2.33. The Morgan fingerprint density at radius 3 is 2.45 bits per heavy atom. The van der Waals surface area contributed by atoms with Gasteiger partial charge in [0.25, 0.3) is 11.6 Å². The molecule has 6 heteroatoms. The summed E-state index contributed by atoms with van der Waals surface area (Å²) < 4.78 is 0. The molecule has 0 heterocycles. The van der Waals surface area contributed by atoms with E-state index in [2.05, 4.69) is 10.6 Å². The SMILES string of the molecule is CCNc1cc(C(=O)NC(CC)CC)ccc1[N+](=O)[O-]. The molecule has 1 rings (SSSR count). The van der Waals surface area contributed by atoms with Gasteiger partial charge in [0.1, 0.15) is 5.69 Å². The molecule has 0 atom stereocenters. The van der Waals surface area contributed by atoms with Crippen LogP contribution in [0.5, 0.6) is 0 Å². The Balaban J connectivity index is 2.99. The van der Waals surface area contributed by atoms with Gasteiger partial charge in [-0.2, -0.15) is 0 Å². The second-order valence-corrected chi connectivity index (χ2v) is 4.51. The number of hydrogen-bond donors (Lipinski definition) is 2. The normalized spacial score (nSPS) is 10.4. The average Bonchev–Trinajstić information content (AvgIpc) is 2.44. The maximum absolute atomic E-state index is 12.1. The van der Waals surface area contributed by atoms with E-state index in [0.717, 1.165) is 12.8 Å². The molecule has 0 saturated carbocycles. The zero-order valence-corrected chi connectivity index (χ0v) is 12.1. The minimum atomic E-state index is -0.458. The molecule has 2 N–H and O–H groups in total. The average molecular weight is 279 g/mol. The Kier molecular flexibility index (Phi) is 5.96. The first-order chi connectivity index (χ1) is 9.53. The largest absolute Gasteiger partial charge is 0.380 e. The lowest BCUT2D eigenvalue weighted by Gasteiger charge is -2.15. The van der Waals surface area contributed by atoms with Gasteiger partial charge in [-0.05, 0) is 31.9 Å². The number of carbonyl (C=O) groups excluding carboxylic acids is 1. The van der Waals surface area contributed by atoms with Gasteiger partial charge in [0.05, 0.1) is 4.92 Å². The van der Waals surface area contributed by atoms with Crippen molar-refractivity contribution in [3.05, 3.63) is 33.9 Å². The highest BCUT2D eigenvalue weighted by atomic mass is 16.6. The van der Waals surface area contributed by atoms with E-state index in [-0.39, 0.29) is 17.6 Å². The van der Waals surface area contributed by atoms with Gasteiger partial charge in [-0.1, -0.05) is 13.8 Å².